The third-order valence-corrected chi connectivity index (χ3v) is 3.40. The average Bonchev–Trinajstić information content (AvgIpc) is 2.71. The summed E-state index contributed by atoms with van der Waals surface area (Å²) in [6.45, 7) is 2.02. The molecule has 2 aromatic rings. The van der Waals surface area contributed by atoms with E-state index in [1.54, 1.807) is 12.4 Å². The molecule has 1 unspecified atom stereocenters. The van der Waals surface area contributed by atoms with Gasteiger partial charge in [0.25, 0.3) is 0 Å². The molecule has 1 atom stereocenters. The van der Waals surface area contributed by atoms with Crippen LogP contribution in [0, 0.1) is 6.92 Å². The average molecular weight is 205 g/mol. The van der Waals surface area contributed by atoms with E-state index in [2.05, 4.69) is 4.98 Å². The molecule has 0 aliphatic rings. The van der Waals surface area contributed by atoms with Gasteiger partial charge in [0.15, 0.2) is 0 Å². The summed E-state index contributed by atoms with van der Waals surface area (Å²) in [7, 11) is -1.06. The first-order valence-corrected chi connectivity index (χ1v) is 5.53. The fourth-order valence-corrected chi connectivity index (χ4v) is 2.24. The van der Waals surface area contributed by atoms with Crippen LogP contribution in [0.25, 0.3) is 0 Å². The van der Waals surface area contributed by atoms with E-state index in [1.807, 2.05) is 37.3 Å². The summed E-state index contributed by atoms with van der Waals surface area (Å²) >= 11 is 0. The van der Waals surface area contributed by atoms with Crippen molar-refractivity contribution in [2.75, 3.05) is 0 Å². The largest absolute Gasteiger partial charge is 0.367 e. The Kier molecular flexibility index (Phi) is 2.50. The Morgan fingerprint density at radius 2 is 1.79 bits per heavy atom. The van der Waals surface area contributed by atoms with Crippen molar-refractivity contribution in [3.8, 4) is 0 Å². The van der Waals surface area contributed by atoms with Gasteiger partial charge in [0.1, 0.15) is 0 Å². The van der Waals surface area contributed by atoms with Crippen molar-refractivity contribution in [1.29, 1.82) is 0 Å². The molecule has 0 fully saturated rings. The lowest BCUT2D eigenvalue weighted by Crippen LogP contribution is -1.90. The Balaban J connectivity index is 2.33. The molecule has 0 saturated heterocycles. The summed E-state index contributed by atoms with van der Waals surface area (Å²) < 4.78 is 11.9. The number of rotatable bonds is 2. The van der Waals surface area contributed by atoms with Gasteiger partial charge in [-0.1, -0.05) is 17.7 Å². The fourth-order valence-electron chi connectivity index (χ4n) is 1.22. The molecular formula is C11H11NOS. The van der Waals surface area contributed by atoms with E-state index in [0.29, 0.717) is 0 Å². The van der Waals surface area contributed by atoms with E-state index in [-0.39, 0.29) is 0 Å². The molecule has 72 valence electrons. The monoisotopic (exact) mass is 205 g/mol. The van der Waals surface area contributed by atoms with E-state index < -0.39 is 10.8 Å². The number of aromatic amines is 1. The summed E-state index contributed by atoms with van der Waals surface area (Å²) in [6.07, 6.45) is 3.54. The SMILES string of the molecule is Cc1ccc(S(=O)c2cc[nH]c2)cc1. The van der Waals surface area contributed by atoms with Gasteiger partial charge in [-0.3, -0.25) is 0 Å². The van der Waals surface area contributed by atoms with Crippen LogP contribution >= 0.6 is 0 Å². The van der Waals surface area contributed by atoms with E-state index >= 15 is 0 Å². The number of hydrogen-bond acceptors (Lipinski definition) is 1. The normalized spacial score (nSPS) is 12.6. The van der Waals surface area contributed by atoms with E-state index in [4.69, 9.17) is 0 Å². The molecule has 0 spiro atoms. The van der Waals surface area contributed by atoms with Gasteiger partial charge >= 0.3 is 0 Å². The molecule has 0 aliphatic heterocycles. The van der Waals surface area contributed by atoms with Gasteiger partial charge in [-0.15, -0.1) is 0 Å². The predicted octanol–water partition coefficient (Wildman–Crippen LogP) is 2.49. The molecule has 0 radical (unpaired) electrons. The molecule has 1 N–H and O–H groups in total. The van der Waals surface area contributed by atoms with E-state index in [0.717, 1.165) is 9.79 Å². The molecule has 0 aliphatic carbocycles. The zero-order valence-corrected chi connectivity index (χ0v) is 8.67. The topological polar surface area (TPSA) is 32.9 Å². The third kappa shape index (κ3) is 1.77. The number of H-pyrrole nitrogens is 1. The molecule has 3 heteroatoms. The van der Waals surface area contributed by atoms with Gasteiger partial charge in [0.05, 0.1) is 15.7 Å². The highest BCUT2D eigenvalue weighted by Crippen LogP contribution is 2.15. The Labute approximate surface area is 85.4 Å². The maximum Gasteiger partial charge on any atom is 0.0864 e. The van der Waals surface area contributed by atoms with Gasteiger partial charge in [-0.25, -0.2) is 4.21 Å². The highest BCUT2D eigenvalue weighted by Gasteiger charge is 2.05. The van der Waals surface area contributed by atoms with Crippen molar-refractivity contribution in [3.63, 3.8) is 0 Å². The third-order valence-electron chi connectivity index (χ3n) is 2.02. The first-order chi connectivity index (χ1) is 6.77. The van der Waals surface area contributed by atoms with E-state index in [1.165, 1.54) is 5.56 Å². The molecule has 1 aromatic carbocycles. The lowest BCUT2D eigenvalue weighted by molar-refractivity contribution is 0.683. The minimum atomic E-state index is -1.06. The minimum absolute atomic E-state index is 0.814. The van der Waals surface area contributed by atoms with Gasteiger partial charge in [0, 0.05) is 17.3 Å². The van der Waals surface area contributed by atoms with Crippen LogP contribution in [0.5, 0.6) is 0 Å². The van der Waals surface area contributed by atoms with E-state index in [9.17, 15) is 4.21 Å². The predicted molar refractivity (Wildman–Crippen MR) is 56.6 cm³/mol. The zero-order chi connectivity index (χ0) is 9.97. The van der Waals surface area contributed by atoms with Gasteiger partial charge in [-0.05, 0) is 25.1 Å². The van der Waals surface area contributed by atoms with Gasteiger partial charge in [-0.2, -0.15) is 0 Å². The molecule has 2 rings (SSSR count). The summed E-state index contributed by atoms with van der Waals surface area (Å²) in [5.41, 5.74) is 1.18. The van der Waals surface area contributed by atoms with Gasteiger partial charge in [0.2, 0.25) is 0 Å². The maximum atomic E-state index is 11.9. The van der Waals surface area contributed by atoms with Gasteiger partial charge < -0.3 is 4.98 Å². The minimum Gasteiger partial charge on any atom is -0.367 e. The van der Waals surface area contributed by atoms with Crippen LogP contribution in [0.2, 0.25) is 0 Å². The maximum absolute atomic E-state index is 11.9. The van der Waals surface area contributed by atoms with Crippen molar-refractivity contribution < 1.29 is 4.21 Å². The smallest absolute Gasteiger partial charge is 0.0864 e. The van der Waals surface area contributed by atoms with Crippen molar-refractivity contribution >= 4 is 10.8 Å². The standard InChI is InChI=1S/C11H11NOS/c1-9-2-4-10(5-3-9)14(13)11-6-7-12-8-11/h2-8,12H,1H3. The number of nitrogens with one attached hydrogen (secondary N) is 1. The second kappa shape index (κ2) is 3.80. The Hall–Kier alpha value is -1.35. The molecule has 0 bridgehead atoms. The van der Waals surface area contributed by atoms with Crippen LogP contribution < -0.4 is 0 Å². The van der Waals surface area contributed by atoms with Crippen molar-refractivity contribution in [2.24, 2.45) is 0 Å². The molecule has 1 aromatic heterocycles. The highest BCUT2D eigenvalue weighted by atomic mass is 32.2. The van der Waals surface area contributed by atoms with Crippen LogP contribution in [0.4, 0.5) is 0 Å². The highest BCUT2D eigenvalue weighted by molar-refractivity contribution is 7.85. The summed E-state index contributed by atoms with van der Waals surface area (Å²) in [5, 5.41) is 0. The van der Waals surface area contributed by atoms with Crippen LogP contribution in [-0.4, -0.2) is 9.19 Å². The molecule has 14 heavy (non-hydrogen) atoms. The Morgan fingerprint density at radius 3 is 2.36 bits per heavy atom. The first kappa shape index (κ1) is 9.21. The first-order valence-electron chi connectivity index (χ1n) is 4.38. The zero-order valence-electron chi connectivity index (χ0n) is 7.86. The number of hydrogen-bond donors (Lipinski definition) is 1. The van der Waals surface area contributed by atoms with Crippen molar-refractivity contribution in [3.05, 3.63) is 48.3 Å². The second-order valence-corrected chi connectivity index (χ2v) is 4.61. The Morgan fingerprint density at radius 1 is 1.07 bits per heavy atom. The quantitative estimate of drug-likeness (QED) is 0.802. The number of aryl methyl sites for hydroxylation is 1. The summed E-state index contributed by atoms with van der Waals surface area (Å²) in [5.74, 6) is 0. The molecule has 0 saturated carbocycles. The molecule has 1 heterocycles. The number of aromatic nitrogens is 1. The van der Waals surface area contributed by atoms with Crippen LogP contribution in [0.15, 0.2) is 52.5 Å². The van der Waals surface area contributed by atoms with Crippen molar-refractivity contribution in [2.45, 2.75) is 16.7 Å². The van der Waals surface area contributed by atoms with Crippen LogP contribution in [0.1, 0.15) is 5.56 Å². The molecule has 0 amide bonds. The lowest BCUT2D eigenvalue weighted by atomic mass is 10.2. The van der Waals surface area contributed by atoms with Crippen LogP contribution in [-0.2, 0) is 10.8 Å². The second-order valence-electron chi connectivity index (χ2n) is 3.13. The summed E-state index contributed by atoms with van der Waals surface area (Å²) in [6, 6.07) is 9.58. The summed E-state index contributed by atoms with van der Waals surface area (Å²) in [4.78, 5) is 4.56. The number of benzene rings is 1. The fraction of sp³-hybridized carbons (Fsp3) is 0.0909. The van der Waals surface area contributed by atoms with Crippen molar-refractivity contribution in [1.82, 2.24) is 4.98 Å². The molecule has 2 nitrogen and oxygen atoms in total. The Bertz CT molecular complexity index is 431. The lowest BCUT2D eigenvalue weighted by Gasteiger charge is -1.99. The van der Waals surface area contributed by atoms with Crippen LogP contribution in [0.3, 0.4) is 0 Å². The molecular weight excluding hydrogens is 194 g/mol.